The molecule has 0 saturated carbocycles. The standard InChI is InChI=1S/C25H25ClN4O2/c1-2-6-22(32)30-10-5-7-15-13-29(14-20(15)30)25-18(26)11-16(12-21(27)31)24-23(25)17-8-3-4-9-19(17)28-24/h3-4,8-9,11,15,20,28H,5,7,10,12-14H2,1H3,(H2,27,31)/t15-,20+/m1/s1. The number of nitrogens with one attached hydrogen (secondary N) is 1. The second kappa shape index (κ2) is 8.07. The largest absolute Gasteiger partial charge is 0.369 e. The van der Waals surface area contributed by atoms with Crippen molar-refractivity contribution in [2.24, 2.45) is 11.7 Å². The number of benzene rings is 2. The van der Waals surface area contributed by atoms with Gasteiger partial charge in [-0.2, -0.15) is 0 Å². The van der Waals surface area contributed by atoms with Gasteiger partial charge in [-0.1, -0.05) is 35.7 Å². The lowest BCUT2D eigenvalue weighted by molar-refractivity contribution is -0.129. The number of nitrogens with zero attached hydrogens (tertiary/aromatic N) is 2. The van der Waals surface area contributed by atoms with Gasteiger partial charge in [-0.05, 0) is 49.3 Å². The van der Waals surface area contributed by atoms with E-state index < -0.39 is 5.91 Å². The van der Waals surface area contributed by atoms with Gasteiger partial charge in [-0.3, -0.25) is 9.59 Å². The maximum Gasteiger partial charge on any atom is 0.298 e. The quantitative estimate of drug-likeness (QED) is 0.602. The van der Waals surface area contributed by atoms with E-state index in [0.717, 1.165) is 59.0 Å². The minimum absolute atomic E-state index is 0.0933. The second-order valence-electron chi connectivity index (χ2n) is 8.68. The number of H-pyrrole nitrogens is 1. The summed E-state index contributed by atoms with van der Waals surface area (Å²) in [5.74, 6) is 5.35. The van der Waals surface area contributed by atoms with Gasteiger partial charge >= 0.3 is 0 Å². The molecule has 0 radical (unpaired) electrons. The Hall–Kier alpha value is -3.17. The lowest BCUT2D eigenvalue weighted by atomic mass is 9.92. The molecule has 0 bridgehead atoms. The molecule has 0 unspecified atom stereocenters. The Morgan fingerprint density at radius 3 is 2.88 bits per heavy atom. The number of carbonyl (C=O) groups excluding carboxylic acids is 2. The summed E-state index contributed by atoms with van der Waals surface area (Å²) in [5.41, 5.74) is 9.14. The monoisotopic (exact) mass is 448 g/mol. The summed E-state index contributed by atoms with van der Waals surface area (Å²) in [6, 6.07) is 10.1. The van der Waals surface area contributed by atoms with Gasteiger partial charge in [0.15, 0.2) is 0 Å². The summed E-state index contributed by atoms with van der Waals surface area (Å²) in [7, 11) is 0. The van der Waals surface area contributed by atoms with E-state index in [0.29, 0.717) is 17.5 Å². The highest BCUT2D eigenvalue weighted by atomic mass is 35.5. The number of halogens is 1. The van der Waals surface area contributed by atoms with Crippen molar-refractivity contribution in [3.05, 3.63) is 40.9 Å². The zero-order valence-electron chi connectivity index (χ0n) is 18.0. The summed E-state index contributed by atoms with van der Waals surface area (Å²) in [6.07, 6.45) is 2.19. The van der Waals surface area contributed by atoms with Crippen molar-refractivity contribution in [2.75, 3.05) is 24.5 Å². The number of piperidine rings is 1. The number of hydrogen-bond acceptors (Lipinski definition) is 3. The maximum atomic E-state index is 12.6. The molecule has 1 aromatic heterocycles. The van der Waals surface area contributed by atoms with Crippen LogP contribution < -0.4 is 10.6 Å². The van der Waals surface area contributed by atoms with E-state index in [2.05, 4.69) is 27.8 Å². The Kier molecular flexibility index (Phi) is 5.22. The number of rotatable bonds is 3. The highest BCUT2D eigenvalue weighted by Crippen LogP contribution is 2.44. The van der Waals surface area contributed by atoms with Gasteiger partial charge in [0.05, 0.1) is 28.7 Å². The number of nitrogens with two attached hydrogens (primary N) is 1. The van der Waals surface area contributed by atoms with E-state index >= 15 is 0 Å². The minimum atomic E-state index is -0.396. The zero-order valence-corrected chi connectivity index (χ0v) is 18.7. The van der Waals surface area contributed by atoms with Gasteiger partial charge in [0, 0.05) is 35.9 Å². The fourth-order valence-electron chi connectivity index (χ4n) is 5.47. The van der Waals surface area contributed by atoms with Crippen LogP contribution in [0, 0.1) is 17.8 Å². The third kappa shape index (κ3) is 3.37. The van der Waals surface area contributed by atoms with Crippen LogP contribution in [0.2, 0.25) is 5.02 Å². The minimum Gasteiger partial charge on any atom is -0.369 e. The molecule has 2 fully saturated rings. The Morgan fingerprint density at radius 1 is 1.28 bits per heavy atom. The molecule has 0 spiro atoms. The molecule has 32 heavy (non-hydrogen) atoms. The summed E-state index contributed by atoms with van der Waals surface area (Å²) in [5, 5.41) is 2.67. The average Bonchev–Trinajstić information content (AvgIpc) is 3.35. The molecule has 2 amide bonds. The zero-order chi connectivity index (χ0) is 22.4. The van der Waals surface area contributed by atoms with E-state index in [4.69, 9.17) is 17.3 Å². The summed E-state index contributed by atoms with van der Waals surface area (Å²) < 4.78 is 0. The first-order valence-corrected chi connectivity index (χ1v) is 11.3. The topological polar surface area (TPSA) is 82.4 Å². The predicted molar refractivity (Wildman–Crippen MR) is 128 cm³/mol. The highest BCUT2D eigenvalue weighted by Gasteiger charge is 2.41. The highest BCUT2D eigenvalue weighted by molar-refractivity contribution is 6.36. The van der Waals surface area contributed by atoms with E-state index in [1.54, 1.807) is 6.92 Å². The average molecular weight is 449 g/mol. The summed E-state index contributed by atoms with van der Waals surface area (Å²) in [6.45, 7) is 3.99. The van der Waals surface area contributed by atoms with E-state index in [9.17, 15) is 9.59 Å². The van der Waals surface area contributed by atoms with Crippen LogP contribution in [0.3, 0.4) is 0 Å². The molecule has 7 heteroatoms. The number of primary amides is 1. The van der Waals surface area contributed by atoms with Gasteiger partial charge < -0.3 is 20.5 Å². The van der Waals surface area contributed by atoms with Crippen molar-refractivity contribution >= 4 is 50.9 Å². The van der Waals surface area contributed by atoms with Crippen LogP contribution in [0.1, 0.15) is 25.3 Å². The lowest BCUT2D eigenvalue weighted by Gasteiger charge is -2.35. The number of carbonyl (C=O) groups is 2. The number of aromatic nitrogens is 1. The van der Waals surface area contributed by atoms with Crippen molar-refractivity contribution < 1.29 is 9.59 Å². The molecule has 3 heterocycles. The van der Waals surface area contributed by atoms with Crippen LogP contribution in [0.15, 0.2) is 30.3 Å². The molecule has 0 aliphatic carbocycles. The SMILES string of the molecule is CC#CC(=O)N1CCC[C@@H]2CN(c3c(Cl)cc(CC(N)=O)c4[nH]c5ccccc5c34)C[C@@H]21. The number of fused-ring (bicyclic) bond motifs is 4. The Balaban J connectivity index is 1.63. The smallest absolute Gasteiger partial charge is 0.298 e. The molecule has 3 aromatic rings. The van der Waals surface area contributed by atoms with E-state index in [1.807, 2.05) is 29.2 Å². The second-order valence-corrected chi connectivity index (χ2v) is 9.09. The number of likely N-dealkylation sites (tertiary alicyclic amines) is 1. The lowest BCUT2D eigenvalue weighted by Crippen LogP contribution is -2.48. The van der Waals surface area contributed by atoms with Gasteiger partial charge in [-0.15, -0.1) is 0 Å². The summed E-state index contributed by atoms with van der Waals surface area (Å²) >= 11 is 6.86. The van der Waals surface area contributed by atoms with Crippen LogP contribution in [0.4, 0.5) is 5.69 Å². The van der Waals surface area contributed by atoms with Crippen molar-refractivity contribution in [3.63, 3.8) is 0 Å². The predicted octanol–water partition coefficient (Wildman–Crippen LogP) is 3.45. The molecule has 6 nitrogen and oxygen atoms in total. The molecule has 2 aliphatic heterocycles. The molecule has 2 saturated heterocycles. The molecule has 164 valence electrons. The number of para-hydroxylation sites is 1. The number of hydrogen-bond donors (Lipinski definition) is 2. The van der Waals surface area contributed by atoms with Gasteiger partial charge in [0.1, 0.15) is 0 Å². The Labute approximate surface area is 191 Å². The van der Waals surface area contributed by atoms with Gasteiger partial charge in [-0.25, -0.2) is 0 Å². The molecule has 2 atom stereocenters. The first-order chi connectivity index (χ1) is 15.5. The van der Waals surface area contributed by atoms with Crippen molar-refractivity contribution in [1.82, 2.24) is 9.88 Å². The third-order valence-corrected chi connectivity index (χ3v) is 7.03. The van der Waals surface area contributed by atoms with E-state index in [1.165, 1.54) is 0 Å². The molecule has 3 N–H and O–H groups in total. The van der Waals surface area contributed by atoms with Crippen molar-refractivity contribution in [1.29, 1.82) is 0 Å². The molecular formula is C25H25ClN4O2. The van der Waals surface area contributed by atoms with Crippen molar-refractivity contribution in [2.45, 2.75) is 32.2 Å². The number of aromatic amines is 1. The first kappa shape index (κ1) is 20.7. The Morgan fingerprint density at radius 2 is 2.09 bits per heavy atom. The van der Waals surface area contributed by atoms with Gasteiger partial charge in [0.25, 0.3) is 5.91 Å². The molecular weight excluding hydrogens is 424 g/mol. The van der Waals surface area contributed by atoms with Crippen LogP contribution >= 0.6 is 11.6 Å². The van der Waals surface area contributed by atoms with Crippen LogP contribution in [-0.2, 0) is 16.0 Å². The molecule has 2 aromatic carbocycles. The van der Waals surface area contributed by atoms with Crippen LogP contribution in [-0.4, -0.2) is 47.4 Å². The van der Waals surface area contributed by atoms with Gasteiger partial charge in [0.2, 0.25) is 5.91 Å². The van der Waals surface area contributed by atoms with Crippen LogP contribution in [0.5, 0.6) is 0 Å². The molecule has 5 rings (SSSR count). The normalized spacial score (nSPS) is 20.3. The first-order valence-electron chi connectivity index (χ1n) is 11.0. The fraction of sp³-hybridized carbons (Fsp3) is 0.360. The number of amides is 2. The maximum absolute atomic E-state index is 12.6. The number of anilines is 1. The fourth-order valence-corrected chi connectivity index (χ4v) is 5.82. The van der Waals surface area contributed by atoms with Crippen LogP contribution in [0.25, 0.3) is 21.8 Å². The van der Waals surface area contributed by atoms with Crippen molar-refractivity contribution in [3.8, 4) is 11.8 Å². The van der Waals surface area contributed by atoms with E-state index in [-0.39, 0.29) is 18.4 Å². The Bertz CT molecular complexity index is 1300. The third-order valence-electron chi connectivity index (χ3n) is 6.75. The molecule has 2 aliphatic rings. The summed E-state index contributed by atoms with van der Waals surface area (Å²) in [4.78, 5) is 32.0.